The number of aryl methyl sites for hydroxylation is 1. The molecule has 12 nitrogen and oxygen atoms in total. The van der Waals surface area contributed by atoms with Crippen molar-refractivity contribution in [3.63, 3.8) is 0 Å². The summed E-state index contributed by atoms with van der Waals surface area (Å²) in [6.07, 6.45) is 7.81. The average molecular weight is 515 g/mol. The molecule has 0 unspecified atom stereocenters. The van der Waals surface area contributed by atoms with E-state index >= 15 is 0 Å². The molecule has 0 bridgehead atoms. The molecule has 1 N–H and O–H groups in total. The van der Waals surface area contributed by atoms with Crippen LogP contribution in [0.25, 0.3) is 11.4 Å². The fourth-order valence-corrected chi connectivity index (χ4v) is 4.74. The zero-order chi connectivity index (χ0) is 24.4. The molecule has 0 radical (unpaired) electrons. The second kappa shape index (κ2) is 9.43. The number of pyridine rings is 2. The molecule has 180 valence electrons. The first-order valence-corrected chi connectivity index (χ1v) is 12.5. The molecule has 4 aromatic heterocycles. The smallest absolute Gasteiger partial charge is 0.257 e. The van der Waals surface area contributed by atoms with E-state index in [1.165, 1.54) is 19.5 Å². The topological polar surface area (TPSA) is 147 Å². The Morgan fingerprint density at radius 2 is 2.00 bits per heavy atom. The lowest BCUT2D eigenvalue weighted by Gasteiger charge is -2.20. The van der Waals surface area contributed by atoms with E-state index in [1.54, 1.807) is 35.3 Å². The van der Waals surface area contributed by atoms with Crippen LogP contribution in [0.1, 0.15) is 17.4 Å². The molecule has 0 amide bonds. The van der Waals surface area contributed by atoms with Crippen molar-refractivity contribution in [3.05, 3.63) is 65.6 Å². The van der Waals surface area contributed by atoms with Crippen LogP contribution in [0.2, 0.25) is 5.02 Å². The molecule has 0 spiro atoms. The molecule has 1 aliphatic heterocycles. The quantitative estimate of drug-likeness (QED) is 0.389. The Bertz CT molecular complexity index is 1450. The van der Waals surface area contributed by atoms with Gasteiger partial charge in [0.15, 0.2) is 11.6 Å². The number of aromatic nitrogens is 7. The molecule has 5 rings (SSSR count). The fraction of sp³-hybridized carbons (Fsp3) is 0.238. The summed E-state index contributed by atoms with van der Waals surface area (Å²) < 4.78 is 41.6. The molecular formula is C21H19ClN8O4S. The van der Waals surface area contributed by atoms with Gasteiger partial charge in [-0.25, -0.2) is 23.4 Å². The fourth-order valence-electron chi connectivity index (χ4n) is 3.67. The average Bonchev–Trinajstić information content (AvgIpc) is 3.18. The van der Waals surface area contributed by atoms with E-state index in [2.05, 4.69) is 34.9 Å². The molecule has 0 aliphatic carbocycles. The highest BCUT2D eigenvalue weighted by atomic mass is 35.5. The maximum absolute atomic E-state index is 13.0. The van der Waals surface area contributed by atoms with Gasteiger partial charge in [0.25, 0.3) is 5.88 Å². The van der Waals surface area contributed by atoms with Gasteiger partial charge in [-0.15, -0.1) is 10.2 Å². The van der Waals surface area contributed by atoms with Crippen molar-refractivity contribution in [1.29, 1.82) is 0 Å². The number of halogens is 1. The van der Waals surface area contributed by atoms with Crippen molar-refractivity contribution < 1.29 is 17.9 Å². The van der Waals surface area contributed by atoms with Gasteiger partial charge in [0.05, 0.1) is 29.5 Å². The first-order valence-electron chi connectivity index (χ1n) is 10.4. The lowest BCUT2D eigenvalue weighted by atomic mass is 10.1. The lowest BCUT2D eigenvalue weighted by molar-refractivity contribution is 0.262. The van der Waals surface area contributed by atoms with E-state index in [0.717, 1.165) is 5.56 Å². The van der Waals surface area contributed by atoms with Crippen molar-refractivity contribution in [2.45, 2.75) is 12.5 Å². The number of fused-ring (bicyclic) bond motifs is 3. The van der Waals surface area contributed by atoms with Crippen molar-refractivity contribution in [2.24, 2.45) is 0 Å². The summed E-state index contributed by atoms with van der Waals surface area (Å²) in [6, 6.07) is 4.88. The van der Waals surface area contributed by atoms with E-state index in [-0.39, 0.29) is 30.6 Å². The van der Waals surface area contributed by atoms with Gasteiger partial charge in [-0.2, -0.15) is 0 Å². The highest BCUT2D eigenvalue weighted by Crippen LogP contribution is 2.41. The van der Waals surface area contributed by atoms with Crippen molar-refractivity contribution in [2.75, 3.05) is 24.2 Å². The summed E-state index contributed by atoms with van der Waals surface area (Å²) in [5.74, 6) is 1.20. The van der Waals surface area contributed by atoms with Gasteiger partial charge < -0.3 is 9.47 Å². The molecule has 0 aromatic carbocycles. The van der Waals surface area contributed by atoms with E-state index in [1.807, 2.05) is 6.07 Å². The Kier molecular flexibility index (Phi) is 6.17. The van der Waals surface area contributed by atoms with E-state index in [9.17, 15) is 8.42 Å². The molecule has 14 heteroatoms. The van der Waals surface area contributed by atoms with Crippen LogP contribution in [0.15, 0.2) is 49.2 Å². The summed E-state index contributed by atoms with van der Waals surface area (Å²) in [5, 5.41) is 8.81. The summed E-state index contributed by atoms with van der Waals surface area (Å²) >= 11 is 5.80. The zero-order valence-corrected chi connectivity index (χ0v) is 19.9. The van der Waals surface area contributed by atoms with Gasteiger partial charge in [-0.1, -0.05) is 17.7 Å². The van der Waals surface area contributed by atoms with Crippen molar-refractivity contribution in [1.82, 2.24) is 34.7 Å². The van der Waals surface area contributed by atoms with Crippen LogP contribution >= 0.6 is 11.6 Å². The summed E-state index contributed by atoms with van der Waals surface area (Å²) in [4.78, 5) is 16.5. The number of anilines is 1. The Morgan fingerprint density at radius 1 is 1.17 bits per heavy atom. The number of methoxy groups -OCH3 is 1. The van der Waals surface area contributed by atoms with Gasteiger partial charge in [0, 0.05) is 37.4 Å². The molecular weight excluding hydrogens is 496 g/mol. The second-order valence-corrected chi connectivity index (χ2v) is 9.79. The third kappa shape index (κ3) is 4.72. The van der Waals surface area contributed by atoms with Gasteiger partial charge >= 0.3 is 0 Å². The summed E-state index contributed by atoms with van der Waals surface area (Å²) in [5.41, 5.74) is 1.35. The van der Waals surface area contributed by atoms with Crippen molar-refractivity contribution in [3.8, 4) is 23.0 Å². The molecule has 1 aliphatic rings. The molecule has 4 aromatic rings. The van der Waals surface area contributed by atoms with Crippen LogP contribution in [0, 0.1) is 0 Å². The van der Waals surface area contributed by atoms with Crippen LogP contribution in [-0.2, 0) is 16.4 Å². The molecule has 0 saturated heterocycles. The Hall–Kier alpha value is -3.84. The number of nitrogens with zero attached hydrogens (tertiary/aromatic N) is 7. The minimum atomic E-state index is -3.83. The normalized spacial score (nSPS) is 14.9. The standard InChI is InChI=1S/C21H19ClN8O4S/c1-33-20-18-15(4-7-24-20)19-27-28-21(30(19)16(12-34-18)13-3-2-6-23-9-13)29-35(31,32)8-5-17-25-10-14(22)11-26-17/h2-4,6-7,9-11,16H,5,8,12H2,1H3,(H,28,29)/t16-/m1/s1. The number of sulfonamides is 1. The Balaban J connectivity index is 1.52. The predicted octanol–water partition coefficient (Wildman–Crippen LogP) is 2.15. The third-order valence-electron chi connectivity index (χ3n) is 5.28. The molecule has 35 heavy (non-hydrogen) atoms. The molecule has 5 heterocycles. The molecule has 1 atom stereocenters. The van der Waals surface area contributed by atoms with Crippen LogP contribution in [0.4, 0.5) is 5.95 Å². The maximum atomic E-state index is 13.0. The van der Waals surface area contributed by atoms with Gasteiger partial charge in [0.1, 0.15) is 12.4 Å². The molecule has 0 fully saturated rings. The SMILES string of the molecule is COc1nccc2c1OC[C@H](c1cccnc1)n1c(NS(=O)(=O)CCc3ncc(Cl)cn3)nnc1-2. The monoisotopic (exact) mass is 514 g/mol. The first-order chi connectivity index (χ1) is 16.9. The molecule has 0 saturated carbocycles. The van der Waals surface area contributed by atoms with Crippen molar-refractivity contribution >= 4 is 27.6 Å². The predicted molar refractivity (Wildman–Crippen MR) is 126 cm³/mol. The number of hydrogen-bond acceptors (Lipinski definition) is 10. The van der Waals surface area contributed by atoms with E-state index < -0.39 is 16.1 Å². The number of nitrogens with one attached hydrogen (secondary N) is 1. The van der Waals surface area contributed by atoms with Gasteiger partial charge in [-0.3, -0.25) is 14.3 Å². The lowest BCUT2D eigenvalue weighted by Crippen LogP contribution is -2.24. The highest BCUT2D eigenvalue weighted by Gasteiger charge is 2.32. The highest BCUT2D eigenvalue weighted by molar-refractivity contribution is 7.92. The van der Waals surface area contributed by atoms with Gasteiger partial charge in [0.2, 0.25) is 16.0 Å². The minimum absolute atomic E-state index is 0.0399. The minimum Gasteiger partial charge on any atom is -0.485 e. The second-order valence-electron chi connectivity index (χ2n) is 7.52. The Labute approximate surface area is 205 Å². The number of ether oxygens (including phenoxy) is 2. The number of hydrogen-bond donors (Lipinski definition) is 1. The summed E-state index contributed by atoms with van der Waals surface area (Å²) in [7, 11) is -2.34. The van der Waals surface area contributed by atoms with Gasteiger partial charge in [-0.05, 0) is 17.7 Å². The first kappa shape index (κ1) is 22.9. The maximum Gasteiger partial charge on any atom is 0.257 e. The van der Waals surface area contributed by atoms with Crippen LogP contribution in [0.5, 0.6) is 11.6 Å². The summed E-state index contributed by atoms with van der Waals surface area (Å²) in [6.45, 7) is 0.138. The van der Waals surface area contributed by atoms with E-state index in [0.29, 0.717) is 28.0 Å². The van der Waals surface area contributed by atoms with E-state index in [4.69, 9.17) is 21.1 Å². The zero-order valence-electron chi connectivity index (χ0n) is 18.4. The van der Waals surface area contributed by atoms with Crippen LogP contribution < -0.4 is 14.2 Å². The third-order valence-corrected chi connectivity index (χ3v) is 6.71. The number of rotatable bonds is 7. The van der Waals surface area contributed by atoms with Crippen LogP contribution in [0.3, 0.4) is 0 Å². The van der Waals surface area contributed by atoms with Crippen LogP contribution in [-0.4, -0.2) is 62.6 Å². The Morgan fingerprint density at radius 3 is 2.74 bits per heavy atom. The largest absolute Gasteiger partial charge is 0.485 e.